The molecule has 2 rings (SSSR count). The van der Waals surface area contributed by atoms with Crippen LogP contribution in [0.1, 0.15) is 49.4 Å². The van der Waals surface area contributed by atoms with Gasteiger partial charge in [-0.2, -0.15) is 0 Å². The van der Waals surface area contributed by atoms with Gasteiger partial charge in [0.2, 0.25) is 0 Å². The van der Waals surface area contributed by atoms with Gasteiger partial charge >= 0.3 is 12.1 Å². The zero-order valence-corrected chi connectivity index (χ0v) is 17.7. The summed E-state index contributed by atoms with van der Waals surface area (Å²) in [5.74, 6) is -1.04. The summed E-state index contributed by atoms with van der Waals surface area (Å²) in [6.07, 6.45) is 1.11. The first-order chi connectivity index (χ1) is 12.9. The highest BCUT2D eigenvalue weighted by Gasteiger charge is 2.22. The smallest absolute Gasteiger partial charge is 0.407 e. The highest BCUT2D eigenvalue weighted by molar-refractivity contribution is 6.29. The van der Waals surface area contributed by atoms with Gasteiger partial charge in [-0.3, -0.25) is 0 Å². The predicted molar refractivity (Wildman–Crippen MR) is 108 cm³/mol. The molecule has 2 aromatic rings. The van der Waals surface area contributed by atoms with Crippen molar-refractivity contribution < 1.29 is 19.4 Å². The second-order valence-electron chi connectivity index (χ2n) is 7.81. The van der Waals surface area contributed by atoms with Crippen LogP contribution in [-0.4, -0.2) is 38.4 Å². The summed E-state index contributed by atoms with van der Waals surface area (Å²) < 4.78 is 6.93. The number of amides is 1. The Balaban J connectivity index is 2.34. The molecule has 0 radical (unpaired) electrons. The van der Waals surface area contributed by atoms with Crippen molar-refractivity contribution in [3.05, 3.63) is 40.4 Å². The molecule has 0 spiro atoms. The number of nitrogens with one attached hydrogen (secondary N) is 1. The molecule has 8 heteroatoms. The molecule has 0 saturated carbocycles. The summed E-state index contributed by atoms with van der Waals surface area (Å²) in [6.45, 7) is 11.2. The maximum atomic E-state index is 12.0. The van der Waals surface area contributed by atoms with Crippen molar-refractivity contribution in [2.45, 2.75) is 59.7 Å². The normalized spacial score (nSPS) is 12.5. The molecule has 1 amide bonds. The lowest BCUT2D eigenvalue weighted by atomic mass is 10.0. The number of carboxylic acids is 1. The molecule has 0 aliphatic heterocycles. The lowest BCUT2D eigenvalue weighted by molar-refractivity contribution is 0.0504. The molecule has 0 saturated heterocycles. The zero-order valence-electron chi connectivity index (χ0n) is 17.0. The molecule has 7 nitrogen and oxygen atoms in total. The van der Waals surface area contributed by atoms with Crippen LogP contribution in [0.5, 0.6) is 0 Å². The topological polar surface area (TPSA) is 93.5 Å². The average Bonchev–Trinajstić information content (AvgIpc) is 2.85. The minimum atomic E-state index is -1.04. The van der Waals surface area contributed by atoms with Crippen LogP contribution < -0.4 is 5.32 Å². The van der Waals surface area contributed by atoms with E-state index in [-0.39, 0.29) is 18.3 Å². The van der Waals surface area contributed by atoms with E-state index in [0.717, 1.165) is 22.4 Å². The third-order valence-electron chi connectivity index (χ3n) is 4.17. The highest BCUT2D eigenvalue weighted by Crippen LogP contribution is 2.31. The van der Waals surface area contributed by atoms with Gasteiger partial charge in [-0.25, -0.2) is 14.6 Å². The van der Waals surface area contributed by atoms with E-state index in [1.54, 1.807) is 50.6 Å². The number of aryl methyl sites for hydroxylation is 1. The third kappa shape index (κ3) is 5.25. The number of nitrogens with zero attached hydrogens (tertiary/aromatic N) is 2. The van der Waals surface area contributed by atoms with Crippen molar-refractivity contribution in [3.63, 3.8) is 0 Å². The van der Waals surface area contributed by atoms with Gasteiger partial charge in [-0.15, -0.1) is 0 Å². The van der Waals surface area contributed by atoms with Gasteiger partial charge in [0.05, 0.1) is 0 Å². The van der Waals surface area contributed by atoms with E-state index in [2.05, 4.69) is 10.3 Å². The highest BCUT2D eigenvalue weighted by atomic mass is 35.5. The van der Waals surface area contributed by atoms with E-state index in [0.29, 0.717) is 5.15 Å². The van der Waals surface area contributed by atoms with Crippen LogP contribution in [0.15, 0.2) is 18.3 Å². The van der Waals surface area contributed by atoms with Gasteiger partial charge in [-0.05, 0) is 64.8 Å². The largest absolute Gasteiger partial charge is 0.477 e. The lowest BCUT2D eigenvalue weighted by Crippen LogP contribution is -2.40. The van der Waals surface area contributed by atoms with E-state index in [9.17, 15) is 14.7 Å². The second kappa shape index (κ2) is 8.22. The first-order valence-electron chi connectivity index (χ1n) is 8.94. The first-order valence-corrected chi connectivity index (χ1v) is 9.32. The standard InChI is InChI=1S/C20H26ClN3O4/c1-11-9-22-17(21)8-14(11)15-7-16(18(25)26)24(13(15)3)10-12(2)23-19(27)28-20(4,5)6/h7-9,12H,10H2,1-6H3,(H,23,27)(H,25,26). The molecular formula is C20H26ClN3O4. The minimum Gasteiger partial charge on any atom is -0.477 e. The van der Waals surface area contributed by atoms with Crippen molar-refractivity contribution in [2.24, 2.45) is 0 Å². The van der Waals surface area contributed by atoms with Crippen LogP contribution in [-0.2, 0) is 11.3 Å². The van der Waals surface area contributed by atoms with Crippen molar-refractivity contribution in [3.8, 4) is 11.1 Å². The SMILES string of the molecule is Cc1cnc(Cl)cc1-c1cc(C(=O)O)n(CC(C)NC(=O)OC(C)(C)C)c1C. The Morgan fingerprint density at radius 2 is 1.93 bits per heavy atom. The Morgan fingerprint density at radius 1 is 1.29 bits per heavy atom. The number of halogens is 1. The molecule has 2 heterocycles. The molecule has 0 aliphatic rings. The lowest BCUT2D eigenvalue weighted by Gasteiger charge is -2.23. The maximum absolute atomic E-state index is 12.0. The fourth-order valence-corrected chi connectivity index (χ4v) is 3.10. The summed E-state index contributed by atoms with van der Waals surface area (Å²) in [5.41, 5.74) is 2.78. The van der Waals surface area contributed by atoms with Gasteiger partial charge in [-0.1, -0.05) is 11.6 Å². The number of rotatable bonds is 5. The maximum Gasteiger partial charge on any atom is 0.407 e. The molecule has 1 unspecified atom stereocenters. The van der Waals surface area contributed by atoms with E-state index in [1.165, 1.54) is 0 Å². The van der Waals surface area contributed by atoms with E-state index >= 15 is 0 Å². The molecule has 2 aromatic heterocycles. The number of aromatic nitrogens is 2. The van der Waals surface area contributed by atoms with Crippen molar-refractivity contribution in [2.75, 3.05) is 0 Å². The van der Waals surface area contributed by atoms with Crippen molar-refractivity contribution in [1.29, 1.82) is 0 Å². The Hall–Kier alpha value is -2.54. The number of hydrogen-bond donors (Lipinski definition) is 2. The van der Waals surface area contributed by atoms with Crippen LogP contribution in [0.4, 0.5) is 4.79 Å². The number of ether oxygens (including phenoxy) is 1. The predicted octanol–water partition coefficient (Wildman–Crippen LogP) is 4.43. The summed E-state index contributed by atoms with van der Waals surface area (Å²) in [5, 5.41) is 12.7. The molecule has 0 bridgehead atoms. The monoisotopic (exact) mass is 407 g/mol. The Morgan fingerprint density at radius 3 is 2.50 bits per heavy atom. The molecular weight excluding hydrogens is 382 g/mol. The fourth-order valence-electron chi connectivity index (χ4n) is 2.95. The number of aromatic carboxylic acids is 1. The first kappa shape index (κ1) is 21.8. The molecule has 1 atom stereocenters. The van der Waals surface area contributed by atoms with Crippen molar-refractivity contribution >= 4 is 23.7 Å². The molecule has 0 fully saturated rings. The van der Waals surface area contributed by atoms with Crippen LogP contribution in [0.2, 0.25) is 5.15 Å². The average molecular weight is 408 g/mol. The third-order valence-corrected chi connectivity index (χ3v) is 4.37. The number of carbonyl (C=O) groups excluding carboxylic acids is 1. The zero-order chi connectivity index (χ0) is 21.2. The number of alkyl carbamates (subject to hydrolysis) is 1. The van der Waals surface area contributed by atoms with Gasteiger partial charge < -0.3 is 19.7 Å². The van der Waals surface area contributed by atoms with E-state index in [1.807, 2.05) is 13.8 Å². The fraction of sp³-hybridized carbons (Fsp3) is 0.450. The minimum absolute atomic E-state index is 0.137. The number of carboxylic acid groups (broad SMARTS) is 1. The summed E-state index contributed by atoms with van der Waals surface area (Å²) >= 11 is 6.03. The van der Waals surface area contributed by atoms with Crippen LogP contribution >= 0.6 is 11.6 Å². The van der Waals surface area contributed by atoms with Crippen LogP contribution in [0, 0.1) is 13.8 Å². The molecule has 28 heavy (non-hydrogen) atoms. The van der Waals surface area contributed by atoms with Crippen LogP contribution in [0.3, 0.4) is 0 Å². The summed E-state index contributed by atoms with van der Waals surface area (Å²) in [4.78, 5) is 27.8. The number of hydrogen-bond acceptors (Lipinski definition) is 4. The van der Waals surface area contributed by atoms with Crippen molar-refractivity contribution in [1.82, 2.24) is 14.9 Å². The van der Waals surface area contributed by atoms with Gasteiger partial charge in [0.1, 0.15) is 16.4 Å². The van der Waals surface area contributed by atoms with Crippen LogP contribution in [0.25, 0.3) is 11.1 Å². The van der Waals surface area contributed by atoms with Gasteiger partial charge in [0.25, 0.3) is 0 Å². The molecule has 0 aromatic carbocycles. The van der Waals surface area contributed by atoms with E-state index in [4.69, 9.17) is 16.3 Å². The number of pyridine rings is 1. The second-order valence-corrected chi connectivity index (χ2v) is 8.20. The molecule has 0 aliphatic carbocycles. The Labute approximate surface area is 169 Å². The van der Waals surface area contributed by atoms with Gasteiger partial charge in [0, 0.05) is 30.0 Å². The summed E-state index contributed by atoms with van der Waals surface area (Å²) in [6, 6.07) is 3.00. The number of carbonyl (C=O) groups is 2. The van der Waals surface area contributed by atoms with Gasteiger partial charge in [0.15, 0.2) is 0 Å². The molecule has 2 N–H and O–H groups in total. The summed E-state index contributed by atoms with van der Waals surface area (Å²) in [7, 11) is 0. The van der Waals surface area contributed by atoms with E-state index < -0.39 is 17.7 Å². The molecule has 152 valence electrons. The quantitative estimate of drug-likeness (QED) is 0.715. The Kier molecular flexibility index (Phi) is 6.39. The Bertz CT molecular complexity index is 900.